The molecule has 0 aliphatic heterocycles. The second-order valence-corrected chi connectivity index (χ2v) is 2.56. The molecule has 4 heteroatoms. The highest BCUT2D eigenvalue weighted by Crippen LogP contribution is 2.15. The molecule has 0 saturated carbocycles. The zero-order valence-electron chi connectivity index (χ0n) is 6.73. The van der Waals surface area contributed by atoms with Gasteiger partial charge in [0.1, 0.15) is 5.92 Å². The number of rotatable bonds is 3. The van der Waals surface area contributed by atoms with Gasteiger partial charge < -0.3 is 10.8 Å². The van der Waals surface area contributed by atoms with Crippen LogP contribution in [-0.4, -0.2) is 17.4 Å². The number of benzene rings is 1. The van der Waals surface area contributed by atoms with Gasteiger partial charge in [-0.3, -0.25) is 9.59 Å². The molecule has 0 aliphatic rings. The Morgan fingerprint density at radius 3 is 2.31 bits per heavy atom. The van der Waals surface area contributed by atoms with Gasteiger partial charge in [0.05, 0.1) is 0 Å². The van der Waals surface area contributed by atoms with Crippen LogP contribution >= 0.6 is 0 Å². The molecule has 0 aromatic heterocycles. The topological polar surface area (TPSA) is 80.4 Å². The van der Waals surface area contributed by atoms with E-state index in [1.54, 1.807) is 12.1 Å². The third-order valence-corrected chi connectivity index (χ3v) is 1.63. The molecule has 1 unspecified atom stereocenters. The monoisotopic (exact) mass is 178 g/mol. The Morgan fingerprint density at radius 2 is 1.92 bits per heavy atom. The fourth-order valence-corrected chi connectivity index (χ4v) is 0.949. The summed E-state index contributed by atoms with van der Waals surface area (Å²) >= 11 is 0. The van der Waals surface area contributed by atoms with Crippen molar-refractivity contribution < 1.29 is 14.7 Å². The van der Waals surface area contributed by atoms with Crippen molar-refractivity contribution in [2.24, 2.45) is 0 Å². The molecule has 0 amide bonds. The third-order valence-electron chi connectivity index (χ3n) is 1.63. The van der Waals surface area contributed by atoms with Crippen LogP contribution < -0.4 is 5.73 Å². The number of anilines is 1. The molecule has 3 N–H and O–H groups in total. The highest BCUT2D eigenvalue weighted by atomic mass is 16.4. The lowest BCUT2D eigenvalue weighted by molar-refractivity contribution is -0.137. The number of carboxylic acids is 1. The van der Waals surface area contributed by atoms with E-state index in [4.69, 9.17) is 10.8 Å². The van der Waals surface area contributed by atoms with Gasteiger partial charge in [-0.05, 0) is 17.7 Å². The minimum absolute atomic E-state index is 0.386. The van der Waals surface area contributed by atoms with E-state index >= 15 is 0 Å². The normalized spacial score (nSPS) is 12.0. The fraction of sp³-hybridized carbons (Fsp3) is 0.111. The SMILES string of the molecule is Nc1ccc(C([C]=O)C(=O)O)cc1. The average Bonchev–Trinajstić information content (AvgIpc) is 2.09. The van der Waals surface area contributed by atoms with Crippen molar-refractivity contribution in [2.45, 2.75) is 5.92 Å². The van der Waals surface area contributed by atoms with Crippen LogP contribution in [0.5, 0.6) is 0 Å². The molecule has 67 valence electrons. The van der Waals surface area contributed by atoms with Crippen LogP contribution in [0.3, 0.4) is 0 Å². The molecule has 0 bridgehead atoms. The summed E-state index contributed by atoms with van der Waals surface area (Å²) in [6, 6.07) is 6.09. The first-order valence-electron chi connectivity index (χ1n) is 3.61. The first-order valence-corrected chi connectivity index (χ1v) is 3.61. The predicted molar refractivity (Wildman–Crippen MR) is 46.9 cm³/mol. The van der Waals surface area contributed by atoms with Crippen LogP contribution in [-0.2, 0) is 9.59 Å². The van der Waals surface area contributed by atoms with Crippen LogP contribution in [0.15, 0.2) is 24.3 Å². The molecule has 0 saturated heterocycles. The zero-order valence-corrected chi connectivity index (χ0v) is 6.73. The number of carboxylic acid groups (broad SMARTS) is 1. The summed E-state index contributed by atoms with van der Waals surface area (Å²) in [5, 5.41) is 8.60. The third kappa shape index (κ3) is 2.05. The van der Waals surface area contributed by atoms with Gasteiger partial charge in [-0.15, -0.1) is 0 Å². The summed E-state index contributed by atoms with van der Waals surface area (Å²) in [5.74, 6) is -2.43. The molecule has 1 rings (SSSR count). The van der Waals surface area contributed by atoms with E-state index in [1.807, 2.05) is 0 Å². The van der Waals surface area contributed by atoms with Gasteiger partial charge in [-0.1, -0.05) is 12.1 Å². The molecule has 4 nitrogen and oxygen atoms in total. The van der Waals surface area contributed by atoms with Crippen LogP contribution in [0, 0.1) is 0 Å². The lowest BCUT2D eigenvalue weighted by atomic mass is 10.0. The van der Waals surface area contributed by atoms with Gasteiger partial charge in [0.25, 0.3) is 0 Å². The smallest absolute Gasteiger partial charge is 0.319 e. The van der Waals surface area contributed by atoms with Gasteiger partial charge in [0, 0.05) is 5.69 Å². The lowest BCUT2D eigenvalue weighted by Crippen LogP contribution is -2.12. The molecular formula is C9H8NO3. The molecular weight excluding hydrogens is 170 g/mol. The summed E-state index contributed by atoms with van der Waals surface area (Å²) in [7, 11) is 0. The summed E-state index contributed by atoms with van der Waals surface area (Å²) in [6.45, 7) is 0. The Kier molecular flexibility index (Phi) is 2.64. The van der Waals surface area contributed by atoms with Gasteiger partial charge >= 0.3 is 5.97 Å². The zero-order chi connectivity index (χ0) is 9.84. The second kappa shape index (κ2) is 3.71. The average molecular weight is 178 g/mol. The first kappa shape index (κ1) is 9.25. The van der Waals surface area contributed by atoms with Crippen LogP contribution in [0.1, 0.15) is 11.5 Å². The van der Waals surface area contributed by atoms with E-state index in [0.29, 0.717) is 11.3 Å². The number of hydrogen-bond acceptors (Lipinski definition) is 3. The molecule has 13 heavy (non-hydrogen) atoms. The highest BCUT2D eigenvalue weighted by molar-refractivity contribution is 5.93. The molecule has 0 spiro atoms. The van der Waals surface area contributed by atoms with Crippen molar-refractivity contribution in [3.8, 4) is 0 Å². The summed E-state index contributed by atoms with van der Waals surface area (Å²) in [5.41, 5.74) is 6.31. The molecule has 1 aromatic rings. The van der Waals surface area contributed by atoms with Crippen molar-refractivity contribution in [3.05, 3.63) is 29.8 Å². The summed E-state index contributed by atoms with van der Waals surface area (Å²) < 4.78 is 0. The minimum Gasteiger partial charge on any atom is -0.480 e. The Morgan fingerprint density at radius 1 is 1.38 bits per heavy atom. The van der Waals surface area contributed by atoms with Crippen molar-refractivity contribution in [1.29, 1.82) is 0 Å². The summed E-state index contributed by atoms with van der Waals surface area (Å²) in [4.78, 5) is 20.8. The van der Waals surface area contributed by atoms with E-state index < -0.39 is 11.9 Å². The Hall–Kier alpha value is -1.84. The number of nitrogens with two attached hydrogens (primary N) is 1. The van der Waals surface area contributed by atoms with E-state index in [1.165, 1.54) is 18.4 Å². The standard InChI is InChI=1S/C9H8NO3/c10-7-3-1-6(2-4-7)8(5-11)9(12)13/h1-4,8H,10H2,(H,12,13). The summed E-state index contributed by atoms with van der Waals surface area (Å²) in [6.07, 6.45) is 1.45. The molecule has 0 heterocycles. The van der Waals surface area contributed by atoms with Crippen molar-refractivity contribution >= 4 is 17.9 Å². The van der Waals surface area contributed by atoms with Crippen molar-refractivity contribution in [1.82, 2.24) is 0 Å². The second-order valence-electron chi connectivity index (χ2n) is 2.56. The van der Waals surface area contributed by atoms with Crippen molar-refractivity contribution in [3.63, 3.8) is 0 Å². The van der Waals surface area contributed by atoms with Gasteiger partial charge in [0.2, 0.25) is 6.29 Å². The maximum atomic E-state index is 10.5. The minimum atomic E-state index is -1.22. The first-order chi connectivity index (χ1) is 6.15. The number of nitrogen functional groups attached to an aromatic ring is 1. The van der Waals surface area contributed by atoms with Crippen LogP contribution in [0.25, 0.3) is 0 Å². The van der Waals surface area contributed by atoms with Gasteiger partial charge in [-0.2, -0.15) is 0 Å². The van der Waals surface area contributed by atoms with Crippen molar-refractivity contribution in [2.75, 3.05) is 5.73 Å². The number of carbonyl (C=O) groups excluding carboxylic acids is 1. The number of aliphatic carboxylic acids is 1. The maximum absolute atomic E-state index is 10.5. The van der Waals surface area contributed by atoms with Crippen LogP contribution in [0.4, 0.5) is 5.69 Å². The van der Waals surface area contributed by atoms with E-state index in [9.17, 15) is 9.59 Å². The number of hydrogen-bond donors (Lipinski definition) is 2. The number of carbonyl (C=O) groups is 1. The fourth-order valence-electron chi connectivity index (χ4n) is 0.949. The highest BCUT2D eigenvalue weighted by Gasteiger charge is 2.19. The van der Waals surface area contributed by atoms with Gasteiger partial charge in [0.15, 0.2) is 0 Å². The van der Waals surface area contributed by atoms with E-state index in [2.05, 4.69) is 0 Å². The van der Waals surface area contributed by atoms with E-state index in [0.717, 1.165) is 0 Å². The molecule has 1 atom stereocenters. The Balaban J connectivity index is 2.99. The largest absolute Gasteiger partial charge is 0.480 e. The molecule has 0 aliphatic carbocycles. The van der Waals surface area contributed by atoms with Crippen LogP contribution in [0.2, 0.25) is 0 Å². The molecule has 1 radical (unpaired) electrons. The molecule has 0 fully saturated rings. The van der Waals surface area contributed by atoms with Gasteiger partial charge in [-0.25, -0.2) is 0 Å². The quantitative estimate of drug-likeness (QED) is 0.523. The maximum Gasteiger partial charge on any atom is 0.319 e. The predicted octanol–water partition coefficient (Wildman–Crippen LogP) is 0.547. The molecule has 1 aromatic carbocycles. The Bertz CT molecular complexity index is 318. The lowest BCUT2D eigenvalue weighted by Gasteiger charge is -2.03. The Labute approximate surface area is 75.0 Å². The van der Waals surface area contributed by atoms with E-state index in [-0.39, 0.29) is 0 Å².